The summed E-state index contributed by atoms with van der Waals surface area (Å²) in [6.07, 6.45) is 4.52. The van der Waals surface area contributed by atoms with Gasteiger partial charge in [0.25, 0.3) is 0 Å². The molecule has 2 heterocycles. The van der Waals surface area contributed by atoms with Crippen molar-refractivity contribution in [2.24, 2.45) is 0 Å². The summed E-state index contributed by atoms with van der Waals surface area (Å²) >= 11 is 0. The molecule has 1 aromatic rings. The number of nitrogens with zero attached hydrogens (tertiary/aromatic N) is 1. The van der Waals surface area contributed by atoms with Crippen LogP contribution in [0.1, 0.15) is 44.7 Å². The Balaban J connectivity index is 1.64. The lowest BCUT2D eigenvalue weighted by atomic mass is 10.00. The second kappa shape index (κ2) is 6.91. The van der Waals surface area contributed by atoms with Gasteiger partial charge in [0.15, 0.2) is 0 Å². The standard InChI is InChI=1S/C18H28N2O/c1-3-16-11-19-18(15-7-5-4-6-8-15)13-20(16)12-17-10-9-14(2)21-17/h4-8,14,16-19H,3,9-13H2,1-2H3. The van der Waals surface area contributed by atoms with E-state index in [-0.39, 0.29) is 0 Å². The lowest BCUT2D eigenvalue weighted by molar-refractivity contribution is 0.00997. The predicted octanol–water partition coefficient (Wildman–Crippen LogP) is 2.98. The van der Waals surface area contributed by atoms with E-state index in [9.17, 15) is 0 Å². The summed E-state index contributed by atoms with van der Waals surface area (Å²) in [5.41, 5.74) is 1.40. The normalized spacial score (nSPS) is 34.2. The maximum atomic E-state index is 6.04. The monoisotopic (exact) mass is 288 g/mol. The van der Waals surface area contributed by atoms with E-state index in [0.717, 1.165) is 19.6 Å². The summed E-state index contributed by atoms with van der Waals surface area (Å²) in [5, 5.41) is 3.72. The van der Waals surface area contributed by atoms with Crippen LogP contribution in [0.15, 0.2) is 30.3 Å². The Kier molecular flexibility index (Phi) is 4.94. The molecule has 1 aromatic carbocycles. The highest BCUT2D eigenvalue weighted by Crippen LogP contribution is 2.25. The maximum Gasteiger partial charge on any atom is 0.0706 e. The third-order valence-corrected chi connectivity index (χ3v) is 4.96. The third-order valence-electron chi connectivity index (χ3n) is 4.96. The number of nitrogens with one attached hydrogen (secondary N) is 1. The molecule has 0 spiro atoms. The first-order valence-corrected chi connectivity index (χ1v) is 8.44. The number of ether oxygens (including phenoxy) is 1. The lowest BCUT2D eigenvalue weighted by Gasteiger charge is -2.41. The van der Waals surface area contributed by atoms with Gasteiger partial charge in [0, 0.05) is 31.7 Å². The summed E-state index contributed by atoms with van der Waals surface area (Å²) in [6, 6.07) is 11.9. The van der Waals surface area contributed by atoms with Gasteiger partial charge >= 0.3 is 0 Å². The molecule has 2 saturated heterocycles. The second-order valence-corrected chi connectivity index (χ2v) is 6.53. The van der Waals surface area contributed by atoms with Crippen molar-refractivity contribution in [2.75, 3.05) is 19.6 Å². The van der Waals surface area contributed by atoms with Crippen LogP contribution < -0.4 is 5.32 Å². The number of hydrogen-bond acceptors (Lipinski definition) is 3. The van der Waals surface area contributed by atoms with Crippen molar-refractivity contribution in [2.45, 2.75) is 57.4 Å². The first-order chi connectivity index (χ1) is 10.3. The van der Waals surface area contributed by atoms with Crippen molar-refractivity contribution in [3.63, 3.8) is 0 Å². The average Bonchev–Trinajstić information content (AvgIpc) is 2.93. The molecule has 0 bridgehead atoms. The summed E-state index contributed by atoms with van der Waals surface area (Å²) in [5.74, 6) is 0. The smallest absolute Gasteiger partial charge is 0.0706 e. The molecule has 3 rings (SSSR count). The Morgan fingerprint density at radius 1 is 1.24 bits per heavy atom. The highest BCUT2D eigenvalue weighted by atomic mass is 16.5. The van der Waals surface area contributed by atoms with Gasteiger partial charge in [-0.3, -0.25) is 4.90 Å². The van der Waals surface area contributed by atoms with Crippen molar-refractivity contribution in [3.05, 3.63) is 35.9 Å². The van der Waals surface area contributed by atoms with E-state index in [1.165, 1.54) is 24.8 Å². The van der Waals surface area contributed by atoms with Crippen LogP contribution in [0.3, 0.4) is 0 Å². The minimum Gasteiger partial charge on any atom is -0.374 e. The van der Waals surface area contributed by atoms with E-state index in [1.54, 1.807) is 0 Å². The van der Waals surface area contributed by atoms with Crippen LogP contribution in [0.4, 0.5) is 0 Å². The fourth-order valence-electron chi connectivity index (χ4n) is 3.67. The molecular weight excluding hydrogens is 260 g/mol. The Hall–Kier alpha value is -0.900. The van der Waals surface area contributed by atoms with E-state index in [2.05, 4.69) is 54.4 Å². The summed E-state index contributed by atoms with van der Waals surface area (Å²) in [7, 11) is 0. The molecule has 0 aromatic heterocycles. The highest BCUT2D eigenvalue weighted by Gasteiger charge is 2.31. The van der Waals surface area contributed by atoms with Crippen molar-refractivity contribution in [1.29, 1.82) is 0 Å². The van der Waals surface area contributed by atoms with Crippen molar-refractivity contribution >= 4 is 0 Å². The lowest BCUT2D eigenvalue weighted by Crippen LogP contribution is -2.54. The van der Waals surface area contributed by atoms with Gasteiger partial charge in [0.1, 0.15) is 0 Å². The van der Waals surface area contributed by atoms with Crippen LogP contribution in [0.2, 0.25) is 0 Å². The zero-order valence-corrected chi connectivity index (χ0v) is 13.3. The van der Waals surface area contributed by atoms with Gasteiger partial charge in [-0.2, -0.15) is 0 Å². The zero-order valence-electron chi connectivity index (χ0n) is 13.3. The molecule has 0 saturated carbocycles. The quantitative estimate of drug-likeness (QED) is 0.922. The predicted molar refractivity (Wildman–Crippen MR) is 86.4 cm³/mol. The number of hydrogen-bond donors (Lipinski definition) is 1. The van der Waals surface area contributed by atoms with Crippen molar-refractivity contribution < 1.29 is 4.74 Å². The van der Waals surface area contributed by atoms with Gasteiger partial charge in [0.05, 0.1) is 12.2 Å². The molecule has 3 nitrogen and oxygen atoms in total. The largest absolute Gasteiger partial charge is 0.374 e. The molecule has 2 fully saturated rings. The topological polar surface area (TPSA) is 24.5 Å². The molecular formula is C18H28N2O. The van der Waals surface area contributed by atoms with Crippen molar-refractivity contribution in [3.8, 4) is 0 Å². The number of piperazine rings is 1. The first kappa shape index (κ1) is 15.0. The minimum atomic E-state index is 0.434. The van der Waals surface area contributed by atoms with Gasteiger partial charge in [-0.25, -0.2) is 0 Å². The maximum absolute atomic E-state index is 6.04. The van der Waals surface area contributed by atoms with Crippen LogP contribution >= 0.6 is 0 Å². The zero-order chi connectivity index (χ0) is 14.7. The van der Waals surface area contributed by atoms with E-state index >= 15 is 0 Å². The summed E-state index contributed by atoms with van der Waals surface area (Å²) in [4.78, 5) is 2.65. The molecule has 3 heteroatoms. The molecule has 0 radical (unpaired) electrons. The molecule has 4 atom stereocenters. The highest BCUT2D eigenvalue weighted by molar-refractivity contribution is 5.20. The molecule has 116 valence electrons. The van der Waals surface area contributed by atoms with Crippen LogP contribution in [0.25, 0.3) is 0 Å². The van der Waals surface area contributed by atoms with Crippen LogP contribution in [0.5, 0.6) is 0 Å². The summed E-state index contributed by atoms with van der Waals surface area (Å²) in [6.45, 7) is 7.76. The van der Waals surface area contributed by atoms with Crippen LogP contribution in [0, 0.1) is 0 Å². The van der Waals surface area contributed by atoms with Gasteiger partial charge < -0.3 is 10.1 Å². The fraction of sp³-hybridized carbons (Fsp3) is 0.667. The first-order valence-electron chi connectivity index (χ1n) is 8.44. The average molecular weight is 288 g/mol. The van der Waals surface area contributed by atoms with Crippen molar-refractivity contribution in [1.82, 2.24) is 10.2 Å². The van der Waals surface area contributed by atoms with Gasteiger partial charge in [0.2, 0.25) is 0 Å². The Bertz CT molecular complexity index is 436. The number of benzene rings is 1. The molecule has 21 heavy (non-hydrogen) atoms. The van der Waals surface area contributed by atoms with Gasteiger partial charge in [-0.05, 0) is 31.7 Å². The second-order valence-electron chi connectivity index (χ2n) is 6.53. The summed E-state index contributed by atoms with van der Waals surface area (Å²) < 4.78 is 6.04. The Labute approximate surface area is 128 Å². The third kappa shape index (κ3) is 3.65. The van der Waals surface area contributed by atoms with Crippen LogP contribution in [-0.2, 0) is 4.74 Å². The fourth-order valence-corrected chi connectivity index (χ4v) is 3.67. The Morgan fingerprint density at radius 3 is 2.71 bits per heavy atom. The van der Waals surface area contributed by atoms with E-state index in [0.29, 0.717) is 24.3 Å². The van der Waals surface area contributed by atoms with Gasteiger partial charge in [-0.1, -0.05) is 37.3 Å². The molecule has 4 unspecified atom stereocenters. The van der Waals surface area contributed by atoms with E-state index in [4.69, 9.17) is 4.74 Å². The van der Waals surface area contributed by atoms with E-state index < -0.39 is 0 Å². The van der Waals surface area contributed by atoms with Crippen LogP contribution in [-0.4, -0.2) is 42.8 Å². The molecule has 1 N–H and O–H groups in total. The van der Waals surface area contributed by atoms with E-state index in [1.807, 2.05) is 0 Å². The molecule has 2 aliphatic heterocycles. The van der Waals surface area contributed by atoms with Gasteiger partial charge in [-0.15, -0.1) is 0 Å². The molecule has 0 aliphatic carbocycles. The molecule has 0 amide bonds. The SMILES string of the molecule is CCC1CNC(c2ccccc2)CN1CC1CCC(C)O1. The Morgan fingerprint density at radius 2 is 2.05 bits per heavy atom. The molecule has 2 aliphatic rings. The number of rotatable bonds is 4. The minimum absolute atomic E-state index is 0.434.